The van der Waals surface area contributed by atoms with Gasteiger partial charge in [-0.15, -0.1) is 0 Å². The molecule has 0 N–H and O–H groups in total. The van der Waals surface area contributed by atoms with Gasteiger partial charge in [-0.1, -0.05) is 203 Å². The molecule has 85 heavy (non-hydrogen) atoms. The second-order valence-corrected chi connectivity index (χ2v) is 26.3. The summed E-state index contributed by atoms with van der Waals surface area (Å²) in [5.41, 5.74) is 14.9. The number of nitrogens with zero attached hydrogens (tertiary/aromatic N) is 6. The first-order chi connectivity index (χ1) is 41.1. The van der Waals surface area contributed by atoms with Gasteiger partial charge in [-0.05, 0) is 160 Å². The van der Waals surface area contributed by atoms with Crippen molar-refractivity contribution in [2.45, 2.75) is 213 Å². The number of carbonyl (C=O) groups is 2. The maximum atomic E-state index is 14.1. The van der Waals surface area contributed by atoms with Crippen molar-refractivity contribution < 1.29 is 19.1 Å². The lowest BCUT2D eigenvalue weighted by molar-refractivity contribution is 0.0539. The van der Waals surface area contributed by atoms with Crippen molar-refractivity contribution in [1.29, 1.82) is 0 Å². The van der Waals surface area contributed by atoms with Crippen LogP contribution >= 0.6 is 0 Å². The molecule has 1 aliphatic rings. The Morgan fingerprint density at radius 1 is 0.400 bits per heavy atom. The van der Waals surface area contributed by atoms with E-state index in [4.69, 9.17) is 29.4 Å². The molecule has 0 bridgehead atoms. The summed E-state index contributed by atoms with van der Waals surface area (Å²) in [5.74, 6) is 0. The molecule has 0 saturated heterocycles. The highest BCUT2D eigenvalue weighted by molar-refractivity contribution is 6.13. The largest absolute Gasteiger partial charge is 0.443 e. The lowest BCUT2D eigenvalue weighted by Gasteiger charge is -2.33. The summed E-state index contributed by atoms with van der Waals surface area (Å²) in [6.07, 6.45) is 26.9. The quantitative estimate of drug-likeness (QED) is 0.0550. The molecule has 0 amide bonds. The minimum atomic E-state index is -0.704. The second-order valence-electron chi connectivity index (χ2n) is 26.3. The van der Waals surface area contributed by atoms with Crippen LogP contribution in [0.5, 0.6) is 0 Å². The number of rotatable bonds is 24. The van der Waals surface area contributed by atoms with Crippen LogP contribution in [0.1, 0.15) is 208 Å². The summed E-state index contributed by atoms with van der Waals surface area (Å²) >= 11 is 0. The molecule has 10 nitrogen and oxygen atoms in total. The predicted molar refractivity (Wildman–Crippen MR) is 352 cm³/mol. The SMILES string of the molecule is CCCCCCCCCCCCC1(CCCCCCCCCCCC)c2cc(-c3ccc4c(c3)c3nc5ccccc5nc3n4C(=O)OC(C)(C)C)ccc2-c2ccc(-c3ccc4c(c3)c3nc5ccccc5nc3n4C(=O)OC(C)(C)C)cc21. The molecule has 0 radical (unpaired) electrons. The highest BCUT2D eigenvalue weighted by Crippen LogP contribution is 2.56. The fraction of sp³-hybridized carbons (Fsp3) is 0.440. The molecule has 4 heterocycles. The van der Waals surface area contributed by atoms with Gasteiger partial charge in [0.1, 0.15) is 22.2 Å². The van der Waals surface area contributed by atoms with Crippen LogP contribution in [-0.2, 0) is 14.9 Å². The van der Waals surface area contributed by atoms with Crippen molar-refractivity contribution in [3.63, 3.8) is 0 Å². The molecule has 4 aromatic heterocycles. The summed E-state index contributed by atoms with van der Waals surface area (Å²) in [6.45, 7) is 15.9. The zero-order chi connectivity index (χ0) is 59.3. The molecule has 0 spiro atoms. The van der Waals surface area contributed by atoms with Crippen molar-refractivity contribution in [2.75, 3.05) is 0 Å². The maximum absolute atomic E-state index is 14.1. The van der Waals surface area contributed by atoms with Crippen molar-refractivity contribution in [2.24, 2.45) is 0 Å². The number of aromatic nitrogens is 6. The van der Waals surface area contributed by atoms with Gasteiger partial charge in [0.15, 0.2) is 11.3 Å². The van der Waals surface area contributed by atoms with Gasteiger partial charge in [-0.3, -0.25) is 0 Å². The van der Waals surface area contributed by atoms with E-state index in [9.17, 15) is 9.59 Å². The smallest absolute Gasteiger partial charge is 0.420 e. The van der Waals surface area contributed by atoms with E-state index in [-0.39, 0.29) is 5.41 Å². The maximum Gasteiger partial charge on any atom is 0.420 e. The first-order valence-corrected chi connectivity index (χ1v) is 32.3. The highest BCUT2D eigenvalue weighted by Gasteiger charge is 2.43. The zero-order valence-corrected chi connectivity index (χ0v) is 51.9. The number of fused-ring (bicyclic) bond motifs is 11. The van der Waals surface area contributed by atoms with Crippen molar-refractivity contribution in [3.8, 4) is 33.4 Å². The number of carbonyl (C=O) groups excluding carboxylic acids is 2. The van der Waals surface area contributed by atoms with Crippen LogP contribution in [-0.4, -0.2) is 52.5 Å². The average Bonchev–Trinajstić information content (AvgIpc) is 2.29. The standard InChI is InChI=1S/C75H88N6O4/c1-9-11-13-15-17-19-21-23-25-31-45-75(46-32-26-24-22-20-18-16-14-12-10-2)59-49-53(51-39-43-65-57(47-51)67-69(80(65)71(82)84-73(3,4)5)78-63-35-29-27-33-61(63)76-67)37-41-55(59)56-42-38-54(50-60(56)75)52-40-44-66-58(48-52)68-70(81(66)72(83)85-74(6,7)8)79-64-36-30-28-34-62(64)77-68/h27-30,33-44,47-50H,9-26,31-32,45-46H2,1-8H3. The monoisotopic (exact) mass is 1140 g/mol. The van der Waals surface area contributed by atoms with Crippen LogP contribution in [0.3, 0.4) is 0 Å². The molecule has 0 unspecified atom stereocenters. The Hall–Kier alpha value is -7.46. The second kappa shape index (κ2) is 25.6. The van der Waals surface area contributed by atoms with Crippen molar-refractivity contribution in [1.82, 2.24) is 29.1 Å². The number of benzene rings is 6. The minimum absolute atomic E-state index is 0.237. The van der Waals surface area contributed by atoms with Gasteiger partial charge in [0.25, 0.3) is 0 Å². The van der Waals surface area contributed by atoms with Crippen LogP contribution < -0.4 is 0 Å². The lowest BCUT2D eigenvalue weighted by atomic mass is 9.70. The molecule has 0 fully saturated rings. The van der Waals surface area contributed by atoms with E-state index in [2.05, 4.69) is 74.5 Å². The summed E-state index contributed by atoms with van der Waals surface area (Å²) < 4.78 is 15.3. The number of ether oxygens (including phenoxy) is 2. The third kappa shape index (κ3) is 12.8. The topological polar surface area (TPSA) is 114 Å². The van der Waals surface area contributed by atoms with Crippen molar-refractivity contribution in [3.05, 3.63) is 132 Å². The molecule has 0 saturated carbocycles. The van der Waals surface area contributed by atoms with Crippen LogP contribution in [0.25, 0.3) is 99.6 Å². The summed E-state index contributed by atoms with van der Waals surface area (Å²) in [6, 6.07) is 42.9. The lowest BCUT2D eigenvalue weighted by Crippen LogP contribution is -2.27. The molecule has 442 valence electrons. The molecule has 6 aromatic carbocycles. The Labute approximate surface area is 503 Å². The highest BCUT2D eigenvalue weighted by atomic mass is 16.6. The molecule has 0 aliphatic heterocycles. The van der Waals surface area contributed by atoms with E-state index in [0.29, 0.717) is 33.4 Å². The van der Waals surface area contributed by atoms with Crippen LogP contribution in [0.4, 0.5) is 9.59 Å². The Balaban J connectivity index is 1.02. The van der Waals surface area contributed by atoms with Crippen LogP contribution in [0.2, 0.25) is 0 Å². The van der Waals surface area contributed by atoms with Crippen molar-refractivity contribution >= 4 is 78.4 Å². The Morgan fingerprint density at radius 3 is 1.07 bits per heavy atom. The number of hydrogen-bond donors (Lipinski definition) is 0. The van der Waals surface area contributed by atoms with Gasteiger partial charge in [-0.2, -0.15) is 0 Å². The van der Waals surface area contributed by atoms with Gasteiger partial charge in [0, 0.05) is 16.2 Å². The fourth-order valence-electron chi connectivity index (χ4n) is 13.4. The van der Waals surface area contributed by atoms with Gasteiger partial charge >= 0.3 is 12.2 Å². The number of hydrogen-bond acceptors (Lipinski definition) is 8. The average molecular weight is 1140 g/mol. The summed E-state index contributed by atoms with van der Waals surface area (Å²) in [5, 5.41) is 1.72. The van der Waals surface area contributed by atoms with Crippen LogP contribution in [0.15, 0.2) is 121 Å². The fourth-order valence-corrected chi connectivity index (χ4v) is 13.4. The van der Waals surface area contributed by atoms with Gasteiger partial charge in [-0.25, -0.2) is 38.7 Å². The third-order valence-corrected chi connectivity index (χ3v) is 17.6. The molecule has 1 aliphatic carbocycles. The van der Waals surface area contributed by atoms with E-state index in [1.165, 1.54) is 138 Å². The molecule has 10 aromatic rings. The van der Waals surface area contributed by atoms with Gasteiger partial charge in [0.2, 0.25) is 0 Å². The third-order valence-electron chi connectivity index (χ3n) is 17.6. The van der Waals surface area contributed by atoms with E-state index < -0.39 is 23.4 Å². The minimum Gasteiger partial charge on any atom is -0.443 e. The molecule has 0 atom stereocenters. The number of unbranched alkanes of at least 4 members (excludes halogenated alkanes) is 18. The molecule has 10 heteroatoms. The van der Waals surface area contributed by atoms with Gasteiger partial charge < -0.3 is 9.47 Å². The first kappa shape index (κ1) is 59.3. The summed E-state index contributed by atoms with van der Waals surface area (Å²) in [7, 11) is 0. The molecular weight excluding hydrogens is 1050 g/mol. The number of para-hydroxylation sites is 4. The van der Waals surface area contributed by atoms with E-state index in [0.717, 1.165) is 80.8 Å². The zero-order valence-electron chi connectivity index (χ0n) is 51.9. The normalized spacial score (nSPS) is 13.2. The molecule has 11 rings (SSSR count). The Bertz CT molecular complexity index is 3780. The Morgan fingerprint density at radius 2 is 0.718 bits per heavy atom. The first-order valence-electron chi connectivity index (χ1n) is 32.3. The van der Waals surface area contributed by atoms with E-state index in [1.54, 1.807) is 9.13 Å². The van der Waals surface area contributed by atoms with Crippen LogP contribution in [0, 0.1) is 0 Å². The predicted octanol–water partition coefficient (Wildman–Crippen LogP) is 21.6. The Kier molecular flexibility index (Phi) is 17.9. The van der Waals surface area contributed by atoms with E-state index >= 15 is 0 Å². The summed E-state index contributed by atoms with van der Waals surface area (Å²) in [4.78, 5) is 48.8. The molecular formula is C75H88N6O4. The van der Waals surface area contributed by atoms with Gasteiger partial charge in [0.05, 0.1) is 33.1 Å². The van der Waals surface area contributed by atoms with E-state index in [1.807, 2.05) is 102 Å².